The zero-order valence-electron chi connectivity index (χ0n) is 16.9. The Morgan fingerprint density at radius 1 is 1.35 bits per heavy atom. The first-order chi connectivity index (χ1) is 12.4. The average Bonchev–Trinajstić information content (AvgIpc) is 2.88. The number of carbonyl (C=O) groups is 1. The molecule has 146 valence electrons. The van der Waals surface area contributed by atoms with Gasteiger partial charge in [0.1, 0.15) is 6.10 Å². The molecule has 0 amide bonds. The van der Waals surface area contributed by atoms with Crippen molar-refractivity contribution in [2.75, 3.05) is 33.7 Å². The normalized spacial score (nSPS) is 41.8. The highest BCUT2D eigenvalue weighted by Gasteiger charge is 2.55. The molecule has 0 unspecified atom stereocenters. The molecule has 4 nitrogen and oxygen atoms in total. The van der Waals surface area contributed by atoms with Crippen LogP contribution in [0.2, 0.25) is 0 Å². The summed E-state index contributed by atoms with van der Waals surface area (Å²) in [5.74, 6) is 1.10. The first-order valence-electron chi connectivity index (χ1n) is 10.6. The number of esters is 1. The van der Waals surface area contributed by atoms with Gasteiger partial charge in [0.15, 0.2) is 0 Å². The molecule has 0 radical (unpaired) electrons. The molecule has 2 aliphatic heterocycles. The van der Waals surface area contributed by atoms with E-state index in [1.165, 1.54) is 37.7 Å². The van der Waals surface area contributed by atoms with Crippen molar-refractivity contribution in [3.8, 4) is 0 Å². The predicted molar refractivity (Wildman–Crippen MR) is 104 cm³/mol. The van der Waals surface area contributed by atoms with Crippen LogP contribution in [-0.2, 0) is 9.53 Å². The Kier molecular flexibility index (Phi) is 4.94. The average molecular weight is 361 g/mol. The lowest BCUT2D eigenvalue weighted by Crippen LogP contribution is -2.47. The molecule has 2 heterocycles. The van der Waals surface area contributed by atoms with Crippen molar-refractivity contribution < 1.29 is 9.53 Å². The van der Waals surface area contributed by atoms with Crippen molar-refractivity contribution >= 4 is 5.97 Å². The van der Waals surface area contributed by atoms with E-state index in [9.17, 15) is 4.79 Å². The van der Waals surface area contributed by atoms with E-state index in [0.29, 0.717) is 23.3 Å². The van der Waals surface area contributed by atoms with E-state index in [0.717, 1.165) is 32.5 Å². The molecular formula is C22H36N2O2. The molecule has 4 heteroatoms. The Morgan fingerprint density at radius 3 is 2.81 bits per heavy atom. The fourth-order valence-corrected chi connectivity index (χ4v) is 6.36. The van der Waals surface area contributed by atoms with Gasteiger partial charge >= 0.3 is 5.97 Å². The molecule has 0 N–H and O–H groups in total. The van der Waals surface area contributed by atoms with Crippen molar-refractivity contribution in [1.29, 1.82) is 0 Å². The minimum Gasteiger partial charge on any atom is -0.462 e. The summed E-state index contributed by atoms with van der Waals surface area (Å²) in [5.41, 5.74) is 1.73. The van der Waals surface area contributed by atoms with Crippen molar-refractivity contribution in [1.82, 2.24) is 9.80 Å². The summed E-state index contributed by atoms with van der Waals surface area (Å²) in [7, 11) is 4.41. The third-order valence-corrected chi connectivity index (χ3v) is 8.12. The Labute approximate surface area is 158 Å². The highest BCUT2D eigenvalue weighted by atomic mass is 16.6. The van der Waals surface area contributed by atoms with Crippen LogP contribution in [0, 0.1) is 23.2 Å². The van der Waals surface area contributed by atoms with E-state index < -0.39 is 0 Å². The third kappa shape index (κ3) is 3.24. The Balaban J connectivity index is 1.44. The highest BCUT2D eigenvalue weighted by Crippen LogP contribution is 2.56. The number of hydrogen-bond acceptors (Lipinski definition) is 4. The highest BCUT2D eigenvalue weighted by molar-refractivity contribution is 5.75. The Hall–Kier alpha value is -0.870. The number of piperidine rings is 1. The molecule has 2 aliphatic carbocycles. The second-order valence-electron chi connectivity index (χ2n) is 9.88. The van der Waals surface area contributed by atoms with Gasteiger partial charge in [-0.05, 0) is 83.5 Å². The second kappa shape index (κ2) is 6.94. The van der Waals surface area contributed by atoms with Gasteiger partial charge < -0.3 is 14.5 Å². The van der Waals surface area contributed by atoms with Gasteiger partial charge in [-0.3, -0.25) is 4.79 Å². The van der Waals surface area contributed by atoms with Crippen LogP contribution in [-0.4, -0.2) is 61.6 Å². The van der Waals surface area contributed by atoms with Crippen LogP contribution < -0.4 is 0 Å². The predicted octanol–water partition coefficient (Wildman–Crippen LogP) is 3.33. The Morgan fingerprint density at radius 2 is 2.08 bits per heavy atom. The maximum absolute atomic E-state index is 12.7. The van der Waals surface area contributed by atoms with E-state index >= 15 is 0 Å². The van der Waals surface area contributed by atoms with E-state index in [-0.39, 0.29) is 18.0 Å². The molecule has 2 saturated carbocycles. The van der Waals surface area contributed by atoms with Crippen LogP contribution in [0.15, 0.2) is 12.2 Å². The maximum Gasteiger partial charge on any atom is 0.310 e. The maximum atomic E-state index is 12.7. The van der Waals surface area contributed by atoms with Crippen molar-refractivity contribution in [3.05, 3.63) is 12.2 Å². The number of rotatable bonds is 3. The number of allylic oxidation sites excluding steroid dienone is 1. The number of hydrogen-bond donors (Lipinski definition) is 0. The molecular weight excluding hydrogens is 324 g/mol. The standard InChI is InChI=1S/C22H36N2O2/c1-15-6-5-9-22(2)13-20-17(12-19(15)22)18(21(25)26-20)14-24(4)16-7-10-23(3)11-8-16/h16-20H,1,5-14H2,2-4H3/t17-,18-,19+,20-,22-/m1/s1. The van der Waals surface area contributed by atoms with Gasteiger partial charge in [0.2, 0.25) is 0 Å². The lowest BCUT2D eigenvalue weighted by molar-refractivity contribution is -0.146. The molecule has 0 aromatic carbocycles. The lowest BCUT2D eigenvalue weighted by atomic mass is 9.55. The number of fused-ring (bicyclic) bond motifs is 2. The second-order valence-corrected chi connectivity index (χ2v) is 9.88. The monoisotopic (exact) mass is 360 g/mol. The van der Waals surface area contributed by atoms with E-state index in [2.05, 4.69) is 37.4 Å². The van der Waals surface area contributed by atoms with Gasteiger partial charge in [0.05, 0.1) is 5.92 Å². The van der Waals surface area contributed by atoms with Crippen molar-refractivity contribution in [2.45, 2.75) is 64.0 Å². The molecule has 4 rings (SSSR count). The van der Waals surface area contributed by atoms with E-state index in [1.54, 1.807) is 0 Å². The first-order valence-corrected chi connectivity index (χ1v) is 10.6. The number of nitrogens with zero attached hydrogens (tertiary/aromatic N) is 2. The third-order valence-electron chi connectivity index (χ3n) is 8.12. The van der Waals surface area contributed by atoms with E-state index in [1.807, 2.05) is 0 Å². The number of likely N-dealkylation sites (tertiary alicyclic amines) is 1. The number of ether oxygens (including phenoxy) is 1. The topological polar surface area (TPSA) is 32.8 Å². The van der Waals surface area contributed by atoms with Gasteiger partial charge in [-0.25, -0.2) is 0 Å². The fraction of sp³-hybridized carbons (Fsp3) is 0.864. The molecule has 5 atom stereocenters. The lowest BCUT2D eigenvalue weighted by Gasteiger charge is -2.50. The fourth-order valence-electron chi connectivity index (χ4n) is 6.36. The van der Waals surface area contributed by atoms with Crippen LogP contribution in [0.1, 0.15) is 51.9 Å². The quantitative estimate of drug-likeness (QED) is 0.571. The van der Waals surface area contributed by atoms with Crippen LogP contribution in [0.3, 0.4) is 0 Å². The zero-order valence-corrected chi connectivity index (χ0v) is 16.9. The van der Waals surface area contributed by atoms with Crippen LogP contribution >= 0.6 is 0 Å². The van der Waals surface area contributed by atoms with Gasteiger partial charge in [0.25, 0.3) is 0 Å². The summed E-state index contributed by atoms with van der Waals surface area (Å²) in [6.45, 7) is 10.0. The van der Waals surface area contributed by atoms with Gasteiger partial charge in [0, 0.05) is 18.5 Å². The first kappa shape index (κ1) is 18.5. The molecule has 2 saturated heterocycles. The van der Waals surface area contributed by atoms with Gasteiger partial charge in [-0.1, -0.05) is 19.1 Å². The molecule has 0 bridgehead atoms. The molecule has 0 aromatic rings. The summed E-state index contributed by atoms with van der Waals surface area (Å²) in [6.07, 6.45) is 8.40. The molecule has 0 spiro atoms. The van der Waals surface area contributed by atoms with Gasteiger partial charge in [-0.15, -0.1) is 0 Å². The summed E-state index contributed by atoms with van der Waals surface area (Å²) in [5, 5.41) is 0. The van der Waals surface area contributed by atoms with Crippen LogP contribution in [0.25, 0.3) is 0 Å². The molecule has 4 fully saturated rings. The molecule has 4 aliphatic rings. The number of carbonyl (C=O) groups excluding carboxylic acids is 1. The molecule has 0 aromatic heterocycles. The minimum absolute atomic E-state index is 0.0592. The van der Waals surface area contributed by atoms with Crippen molar-refractivity contribution in [2.24, 2.45) is 23.2 Å². The molecule has 26 heavy (non-hydrogen) atoms. The van der Waals surface area contributed by atoms with Crippen molar-refractivity contribution in [3.63, 3.8) is 0 Å². The smallest absolute Gasteiger partial charge is 0.310 e. The minimum atomic E-state index is 0.0592. The summed E-state index contributed by atoms with van der Waals surface area (Å²) in [6, 6.07) is 0.608. The largest absolute Gasteiger partial charge is 0.462 e. The SMILES string of the molecule is C=C1CCC[C@]2(C)C[C@H]3OC(=O)[C@H](CN(C)C4CCN(C)CC4)[C@H]3C[C@@H]12. The van der Waals surface area contributed by atoms with Crippen LogP contribution in [0.4, 0.5) is 0 Å². The van der Waals surface area contributed by atoms with E-state index in [4.69, 9.17) is 4.74 Å². The summed E-state index contributed by atoms with van der Waals surface area (Å²) < 4.78 is 5.93. The zero-order chi connectivity index (χ0) is 18.5. The van der Waals surface area contributed by atoms with Crippen LogP contribution in [0.5, 0.6) is 0 Å². The van der Waals surface area contributed by atoms with Gasteiger partial charge in [-0.2, -0.15) is 0 Å². The summed E-state index contributed by atoms with van der Waals surface area (Å²) >= 11 is 0. The Bertz CT molecular complexity index is 568. The summed E-state index contributed by atoms with van der Waals surface area (Å²) in [4.78, 5) is 17.6.